The van der Waals surface area contributed by atoms with Gasteiger partial charge in [-0.15, -0.1) is 0 Å². The summed E-state index contributed by atoms with van der Waals surface area (Å²) in [6.07, 6.45) is 0.585. The second kappa shape index (κ2) is 7.73. The van der Waals surface area contributed by atoms with Gasteiger partial charge in [-0.05, 0) is 30.0 Å². The van der Waals surface area contributed by atoms with Crippen LogP contribution in [0.3, 0.4) is 0 Å². The lowest BCUT2D eigenvalue weighted by atomic mass is 9.90. The van der Waals surface area contributed by atoms with Crippen molar-refractivity contribution in [2.24, 2.45) is 5.41 Å². The summed E-state index contributed by atoms with van der Waals surface area (Å²) < 4.78 is 5.48. The lowest BCUT2D eigenvalue weighted by Gasteiger charge is -2.24. The number of aliphatic hydroxyl groups excluding tert-OH is 1. The Hall–Kier alpha value is -0.770. The minimum atomic E-state index is -0.522. The highest BCUT2D eigenvalue weighted by Gasteiger charge is 2.15. The Labute approximate surface area is 120 Å². The number of nitrogens with one attached hydrogen (secondary N) is 1. The van der Waals surface area contributed by atoms with E-state index in [0.29, 0.717) is 17.3 Å². The van der Waals surface area contributed by atoms with Crippen LogP contribution in [0.1, 0.15) is 27.2 Å². The molecule has 0 aromatic heterocycles. The second-order valence-electron chi connectivity index (χ2n) is 5.57. The molecule has 4 heteroatoms. The predicted molar refractivity (Wildman–Crippen MR) is 79.9 cm³/mol. The van der Waals surface area contributed by atoms with E-state index in [2.05, 4.69) is 26.1 Å². The lowest BCUT2D eigenvalue weighted by molar-refractivity contribution is 0.103. The van der Waals surface area contributed by atoms with Crippen molar-refractivity contribution < 1.29 is 9.84 Å². The van der Waals surface area contributed by atoms with Gasteiger partial charge in [0.1, 0.15) is 18.5 Å². The Morgan fingerprint density at radius 1 is 1.42 bits per heavy atom. The molecular weight excluding hydrogens is 262 g/mol. The van der Waals surface area contributed by atoms with Gasteiger partial charge in [-0.3, -0.25) is 0 Å². The average Bonchev–Trinajstić information content (AvgIpc) is 2.36. The topological polar surface area (TPSA) is 41.5 Å². The van der Waals surface area contributed by atoms with Crippen LogP contribution in [0.25, 0.3) is 0 Å². The zero-order valence-corrected chi connectivity index (χ0v) is 12.7. The Morgan fingerprint density at radius 3 is 2.79 bits per heavy atom. The minimum absolute atomic E-state index is 0.257. The van der Waals surface area contributed by atoms with Crippen molar-refractivity contribution in [3.63, 3.8) is 0 Å². The van der Waals surface area contributed by atoms with Crippen molar-refractivity contribution >= 4 is 11.6 Å². The van der Waals surface area contributed by atoms with Crippen LogP contribution in [-0.2, 0) is 0 Å². The van der Waals surface area contributed by atoms with E-state index >= 15 is 0 Å². The van der Waals surface area contributed by atoms with Gasteiger partial charge in [0.05, 0.1) is 0 Å². The molecule has 108 valence electrons. The zero-order chi connectivity index (χ0) is 14.3. The number of aliphatic hydroxyl groups is 1. The second-order valence-corrected chi connectivity index (χ2v) is 6.01. The van der Waals surface area contributed by atoms with Crippen LogP contribution >= 0.6 is 11.6 Å². The van der Waals surface area contributed by atoms with Gasteiger partial charge < -0.3 is 15.2 Å². The van der Waals surface area contributed by atoms with E-state index in [4.69, 9.17) is 16.3 Å². The molecule has 1 aromatic carbocycles. The van der Waals surface area contributed by atoms with E-state index in [1.807, 2.05) is 12.1 Å². The summed E-state index contributed by atoms with van der Waals surface area (Å²) in [7, 11) is 0. The van der Waals surface area contributed by atoms with Gasteiger partial charge in [0.15, 0.2) is 0 Å². The first-order chi connectivity index (χ1) is 8.93. The maximum atomic E-state index is 9.83. The fourth-order valence-electron chi connectivity index (χ4n) is 1.51. The summed E-state index contributed by atoms with van der Waals surface area (Å²) in [6, 6.07) is 7.18. The van der Waals surface area contributed by atoms with E-state index in [-0.39, 0.29) is 12.0 Å². The molecule has 19 heavy (non-hydrogen) atoms. The lowest BCUT2D eigenvalue weighted by Crippen LogP contribution is -2.36. The number of rotatable bonds is 8. The normalized spacial score (nSPS) is 13.3. The van der Waals surface area contributed by atoms with Gasteiger partial charge in [0, 0.05) is 18.1 Å². The molecule has 1 atom stereocenters. The van der Waals surface area contributed by atoms with Gasteiger partial charge in [-0.2, -0.15) is 0 Å². The Morgan fingerprint density at radius 2 is 2.16 bits per heavy atom. The van der Waals surface area contributed by atoms with Gasteiger partial charge in [0.25, 0.3) is 0 Å². The fraction of sp³-hybridized carbons (Fsp3) is 0.600. The largest absolute Gasteiger partial charge is 0.491 e. The highest BCUT2D eigenvalue weighted by molar-refractivity contribution is 6.30. The molecule has 1 unspecified atom stereocenters. The van der Waals surface area contributed by atoms with Crippen molar-refractivity contribution in [3.8, 4) is 5.75 Å². The van der Waals surface area contributed by atoms with Gasteiger partial charge in [0.2, 0.25) is 0 Å². The molecule has 0 saturated carbocycles. The molecule has 0 bridgehead atoms. The molecule has 0 fully saturated rings. The molecule has 1 aromatic rings. The Bertz CT molecular complexity index is 382. The third-order valence-electron chi connectivity index (χ3n) is 3.18. The third kappa shape index (κ3) is 6.81. The molecule has 0 aliphatic rings. The molecule has 0 aliphatic carbocycles. The first-order valence-corrected chi connectivity index (χ1v) is 7.08. The first-order valence-electron chi connectivity index (χ1n) is 6.70. The average molecular weight is 286 g/mol. The quantitative estimate of drug-likeness (QED) is 0.771. The van der Waals surface area contributed by atoms with Gasteiger partial charge in [-0.1, -0.05) is 38.4 Å². The van der Waals surface area contributed by atoms with E-state index in [0.717, 1.165) is 13.0 Å². The van der Waals surface area contributed by atoms with Crippen molar-refractivity contribution in [1.29, 1.82) is 0 Å². The van der Waals surface area contributed by atoms with Crippen LogP contribution in [0, 0.1) is 5.41 Å². The van der Waals surface area contributed by atoms with E-state index in [9.17, 15) is 5.11 Å². The summed E-state index contributed by atoms with van der Waals surface area (Å²) in [5, 5.41) is 13.7. The summed E-state index contributed by atoms with van der Waals surface area (Å²) in [5.74, 6) is 0.681. The SMILES string of the molecule is CCC(C)(C)CNCC(O)COc1cccc(Cl)c1. The van der Waals surface area contributed by atoms with Crippen LogP contribution < -0.4 is 10.1 Å². The van der Waals surface area contributed by atoms with Crippen molar-refractivity contribution in [2.75, 3.05) is 19.7 Å². The molecule has 2 N–H and O–H groups in total. The maximum absolute atomic E-state index is 9.83. The van der Waals surface area contributed by atoms with Crippen LogP contribution in [0.2, 0.25) is 5.02 Å². The number of hydrogen-bond acceptors (Lipinski definition) is 3. The first kappa shape index (κ1) is 16.3. The van der Waals surface area contributed by atoms with E-state index in [1.165, 1.54) is 0 Å². The van der Waals surface area contributed by atoms with E-state index in [1.54, 1.807) is 12.1 Å². The molecular formula is C15H24ClNO2. The third-order valence-corrected chi connectivity index (χ3v) is 3.41. The molecule has 0 saturated heterocycles. The monoisotopic (exact) mass is 285 g/mol. The molecule has 0 heterocycles. The Balaban J connectivity index is 2.23. The van der Waals surface area contributed by atoms with Crippen LogP contribution in [0.4, 0.5) is 0 Å². The summed E-state index contributed by atoms with van der Waals surface area (Å²) >= 11 is 5.86. The summed E-state index contributed by atoms with van der Waals surface area (Å²) in [5.41, 5.74) is 0.257. The summed E-state index contributed by atoms with van der Waals surface area (Å²) in [4.78, 5) is 0. The van der Waals surface area contributed by atoms with Gasteiger partial charge >= 0.3 is 0 Å². The zero-order valence-electron chi connectivity index (χ0n) is 11.9. The van der Waals surface area contributed by atoms with E-state index < -0.39 is 6.10 Å². The van der Waals surface area contributed by atoms with Crippen molar-refractivity contribution in [3.05, 3.63) is 29.3 Å². The van der Waals surface area contributed by atoms with Gasteiger partial charge in [-0.25, -0.2) is 0 Å². The van der Waals surface area contributed by atoms with Crippen LogP contribution in [-0.4, -0.2) is 30.9 Å². The predicted octanol–water partition coefficient (Wildman–Crippen LogP) is 3.11. The molecule has 0 radical (unpaired) electrons. The highest BCUT2D eigenvalue weighted by Crippen LogP contribution is 2.18. The fourth-order valence-corrected chi connectivity index (χ4v) is 1.69. The van der Waals surface area contributed by atoms with Crippen molar-refractivity contribution in [2.45, 2.75) is 33.3 Å². The van der Waals surface area contributed by atoms with Crippen LogP contribution in [0.15, 0.2) is 24.3 Å². The maximum Gasteiger partial charge on any atom is 0.120 e. The standard InChI is InChI=1S/C15H24ClNO2/c1-4-15(2,3)11-17-9-13(18)10-19-14-7-5-6-12(16)8-14/h5-8,13,17-18H,4,9-11H2,1-3H3. The number of halogens is 1. The smallest absolute Gasteiger partial charge is 0.120 e. The molecule has 3 nitrogen and oxygen atoms in total. The number of ether oxygens (including phenoxy) is 1. The molecule has 0 spiro atoms. The number of hydrogen-bond donors (Lipinski definition) is 2. The van der Waals surface area contributed by atoms with Crippen LogP contribution in [0.5, 0.6) is 5.75 Å². The molecule has 0 aliphatic heterocycles. The summed E-state index contributed by atoms with van der Waals surface area (Å²) in [6.45, 7) is 8.26. The van der Waals surface area contributed by atoms with Crippen molar-refractivity contribution in [1.82, 2.24) is 5.32 Å². The Kier molecular flexibility index (Phi) is 6.63. The number of benzene rings is 1. The minimum Gasteiger partial charge on any atom is -0.491 e. The highest BCUT2D eigenvalue weighted by atomic mass is 35.5. The molecule has 0 amide bonds. The molecule has 1 rings (SSSR count).